The van der Waals surface area contributed by atoms with Gasteiger partial charge < -0.3 is 24.1 Å². The SMILES string of the molecule is CCC(=O)Nc1ccc(OCC2COC(CCc3ccc(Cl)cc3)(Cn3ccnc3)O2)cc1. The Hall–Kier alpha value is -2.87. The molecule has 4 rings (SSSR count). The van der Waals surface area contributed by atoms with Crippen LogP contribution >= 0.6 is 11.6 Å². The Balaban J connectivity index is 1.35. The van der Waals surface area contributed by atoms with Crippen molar-refractivity contribution < 1.29 is 19.0 Å². The van der Waals surface area contributed by atoms with Crippen LogP contribution in [0, 0.1) is 0 Å². The summed E-state index contributed by atoms with van der Waals surface area (Å²) in [5.74, 6) is -0.0720. The fourth-order valence-corrected chi connectivity index (χ4v) is 3.84. The molecule has 33 heavy (non-hydrogen) atoms. The zero-order valence-corrected chi connectivity index (χ0v) is 19.3. The maximum Gasteiger partial charge on any atom is 0.224 e. The van der Waals surface area contributed by atoms with Gasteiger partial charge in [0.05, 0.1) is 19.5 Å². The van der Waals surface area contributed by atoms with Crippen molar-refractivity contribution in [1.82, 2.24) is 9.55 Å². The van der Waals surface area contributed by atoms with E-state index in [0.717, 1.165) is 17.1 Å². The first-order valence-electron chi connectivity index (χ1n) is 11.1. The van der Waals surface area contributed by atoms with Crippen molar-refractivity contribution in [2.24, 2.45) is 0 Å². The van der Waals surface area contributed by atoms with Gasteiger partial charge in [-0.3, -0.25) is 4.79 Å². The van der Waals surface area contributed by atoms with Gasteiger partial charge in [0.25, 0.3) is 0 Å². The van der Waals surface area contributed by atoms with Crippen LogP contribution in [0.5, 0.6) is 5.75 Å². The normalized spacial score (nSPS) is 20.0. The first-order chi connectivity index (χ1) is 16.0. The smallest absolute Gasteiger partial charge is 0.224 e. The number of hydrogen-bond acceptors (Lipinski definition) is 5. The maximum absolute atomic E-state index is 11.5. The molecule has 1 aliphatic rings. The molecule has 0 aliphatic carbocycles. The van der Waals surface area contributed by atoms with Crippen molar-refractivity contribution in [3.05, 3.63) is 77.8 Å². The topological polar surface area (TPSA) is 74.6 Å². The molecule has 1 fully saturated rings. The molecule has 0 radical (unpaired) electrons. The highest BCUT2D eigenvalue weighted by molar-refractivity contribution is 6.30. The second-order valence-electron chi connectivity index (χ2n) is 8.06. The largest absolute Gasteiger partial charge is 0.491 e. The van der Waals surface area contributed by atoms with Crippen molar-refractivity contribution in [2.45, 2.75) is 44.6 Å². The van der Waals surface area contributed by atoms with Gasteiger partial charge in [-0.05, 0) is 48.4 Å². The minimum atomic E-state index is -0.761. The van der Waals surface area contributed by atoms with Gasteiger partial charge in [-0.2, -0.15) is 0 Å². The number of aromatic nitrogens is 2. The van der Waals surface area contributed by atoms with Crippen LogP contribution in [-0.4, -0.2) is 40.6 Å². The first kappa shape index (κ1) is 23.3. The molecule has 1 aliphatic heterocycles. The van der Waals surface area contributed by atoms with E-state index in [-0.39, 0.29) is 12.0 Å². The molecule has 2 heterocycles. The second kappa shape index (κ2) is 10.8. The highest BCUT2D eigenvalue weighted by atomic mass is 35.5. The lowest BCUT2D eigenvalue weighted by atomic mass is 10.0. The Morgan fingerprint density at radius 2 is 2.03 bits per heavy atom. The number of carbonyl (C=O) groups is 1. The number of amides is 1. The predicted octanol–water partition coefficient (Wildman–Crippen LogP) is 4.71. The third-order valence-electron chi connectivity index (χ3n) is 5.50. The molecular formula is C25H28ClN3O4. The molecule has 2 unspecified atom stereocenters. The van der Waals surface area contributed by atoms with Crippen molar-refractivity contribution in [3.8, 4) is 5.75 Å². The number of rotatable bonds is 10. The Morgan fingerprint density at radius 3 is 2.73 bits per heavy atom. The van der Waals surface area contributed by atoms with Gasteiger partial charge in [-0.15, -0.1) is 0 Å². The Morgan fingerprint density at radius 1 is 1.24 bits per heavy atom. The first-order valence-corrected chi connectivity index (χ1v) is 11.5. The molecule has 1 saturated heterocycles. The van der Waals surface area contributed by atoms with E-state index in [4.69, 9.17) is 25.8 Å². The van der Waals surface area contributed by atoms with Crippen molar-refractivity contribution in [3.63, 3.8) is 0 Å². The summed E-state index contributed by atoms with van der Waals surface area (Å²) in [6.07, 6.45) is 7.14. The number of imidazole rings is 1. The fourth-order valence-electron chi connectivity index (χ4n) is 3.71. The van der Waals surface area contributed by atoms with Gasteiger partial charge in [-0.1, -0.05) is 30.7 Å². The summed E-state index contributed by atoms with van der Waals surface area (Å²) in [6.45, 7) is 3.18. The lowest BCUT2D eigenvalue weighted by Crippen LogP contribution is -2.37. The Bertz CT molecular complexity index is 1020. The molecule has 0 spiro atoms. The number of benzene rings is 2. The number of nitrogens with one attached hydrogen (secondary N) is 1. The van der Waals surface area contributed by atoms with Crippen LogP contribution in [0.1, 0.15) is 25.3 Å². The van der Waals surface area contributed by atoms with Crippen LogP contribution in [0.25, 0.3) is 0 Å². The summed E-state index contributed by atoms with van der Waals surface area (Å²) in [4.78, 5) is 15.6. The average Bonchev–Trinajstić information content (AvgIpc) is 3.49. The lowest BCUT2D eigenvalue weighted by molar-refractivity contribution is -0.184. The summed E-state index contributed by atoms with van der Waals surface area (Å²) in [5, 5.41) is 3.54. The molecule has 2 aromatic carbocycles. The molecule has 0 saturated carbocycles. The van der Waals surface area contributed by atoms with Gasteiger partial charge in [0.15, 0.2) is 5.79 Å². The molecule has 1 aromatic heterocycles. The summed E-state index contributed by atoms with van der Waals surface area (Å²) in [6, 6.07) is 15.1. The molecule has 7 nitrogen and oxygen atoms in total. The molecule has 2 atom stereocenters. The van der Waals surface area contributed by atoms with Gasteiger partial charge in [0.2, 0.25) is 5.91 Å². The van der Waals surface area contributed by atoms with Crippen LogP contribution in [0.2, 0.25) is 5.02 Å². The van der Waals surface area contributed by atoms with E-state index in [1.54, 1.807) is 12.5 Å². The van der Waals surface area contributed by atoms with Gasteiger partial charge in [0.1, 0.15) is 18.5 Å². The molecule has 0 bridgehead atoms. The van der Waals surface area contributed by atoms with Crippen molar-refractivity contribution in [2.75, 3.05) is 18.5 Å². The van der Waals surface area contributed by atoms with Gasteiger partial charge >= 0.3 is 0 Å². The van der Waals surface area contributed by atoms with Crippen LogP contribution in [0.4, 0.5) is 5.69 Å². The number of halogens is 1. The molecule has 1 N–H and O–H groups in total. The number of aryl methyl sites for hydroxylation is 1. The van der Waals surface area contributed by atoms with E-state index in [9.17, 15) is 4.79 Å². The van der Waals surface area contributed by atoms with E-state index in [1.165, 1.54) is 5.56 Å². The molecule has 174 valence electrons. The lowest BCUT2D eigenvalue weighted by Gasteiger charge is -2.28. The highest BCUT2D eigenvalue weighted by Gasteiger charge is 2.42. The quantitative estimate of drug-likeness (QED) is 0.465. The second-order valence-corrected chi connectivity index (χ2v) is 8.50. The van der Waals surface area contributed by atoms with E-state index in [1.807, 2.05) is 66.2 Å². The molecule has 8 heteroatoms. The van der Waals surface area contributed by atoms with E-state index in [2.05, 4.69) is 10.3 Å². The Labute approximate surface area is 198 Å². The van der Waals surface area contributed by atoms with Crippen LogP contribution < -0.4 is 10.1 Å². The van der Waals surface area contributed by atoms with Crippen molar-refractivity contribution >= 4 is 23.2 Å². The third-order valence-corrected chi connectivity index (χ3v) is 5.75. The van der Waals surface area contributed by atoms with Gasteiger partial charge in [0, 0.05) is 35.9 Å². The van der Waals surface area contributed by atoms with Gasteiger partial charge in [-0.25, -0.2) is 4.98 Å². The number of nitrogens with zero attached hydrogens (tertiary/aromatic N) is 2. The Kier molecular flexibility index (Phi) is 7.65. The van der Waals surface area contributed by atoms with Crippen LogP contribution in [0.3, 0.4) is 0 Å². The van der Waals surface area contributed by atoms with Crippen molar-refractivity contribution in [1.29, 1.82) is 0 Å². The zero-order valence-electron chi connectivity index (χ0n) is 18.6. The van der Waals surface area contributed by atoms with Crippen LogP contribution in [0.15, 0.2) is 67.3 Å². The van der Waals surface area contributed by atoms with E-state index in [0.29, 0.717) is 38.3 Å². The number of hydrogen-bond donors (Lipinski definition) is 1. The van der Waals surface area contributed by atoms with E-state index < -0.39 is 5.79 Å². The fraction of sp³-hybridized carbons (Fsp3) is 0.360. The average molecular weight is 470 g/mol. The predicted molar refractivity (Wildman–Crippen MR) is 126 cm³/mol. The summed E-state index contributed by atoms with van der Waals surface area (Å²) in [5.41, 5.74) is 1.92. The summed E-state index contributed by atoms with van der Waals surface area (Å²) >= 11 is 6.01. The number of ether oxygens (including phenoxy) is 3. The molecular weight excluding hydrogens is 442 g/mol. The highest BCUT2D eigenvalue weighted by Crippen LogP contribution is 2.31. The summed E-state index contributed by atoms with van der Waals surface area (Å²) < 4.78 is 20.5. The van der Waals surface area contributed by atoms with E-state index >= 15 is 0 Å². The monoisotopic (exact) mass is 469 g/mol. The molecule has 1 amide bonds. The minimum Gasteiger partial charge on any atom is -0.491 e. The zero-order chi connectivity index (χ0) is 23.1. The standard InChI is InChI=1S/C25H28ClN3O4/c1-2-24(30)28-21-7-9-22(10-8-21)31-15-23-16-32-25(33-23,17-29-14-13-27-18-29)12-11-19-3-5-20(26)6-4-19/h3-10,13-14,18,23H,2,11-12,15-17H2,1H3,(H,28,30). The number of carbonyl (C=O) groups excluding carboxylic acids is 1. The third kappa shape index (κ3) is 6.57. The minimum absolute atomic E-state index is 0.0204. The maximum atomic E-state index is 11.5. The molecule has 3 aromatic rings. The number of anilines is 1. The summed E-state index contributed by atoms with van der Waals surface area (Å²) in [7, 11) is 0. The van der Waals surface area contributed by atoms with Crippen LogP contribution in [-0.2, 0) is 27.2 Å².